The molecule has 3 rings (SSSR count). The Morgan fingerprint density at radius 2 is 1.60 bits per heavy atom. The monoisotopic (exact) mass is 820 g/mol. The minimum atomic E-state index is -1.81. The van der Waals surface area contributed by atoms with Gasteiger partial charge in [0.25, 0.3) is 0 Å². The smallest absolute Gasteiger partial charge is 0.311 e. The summed E-state index contributed by atoms with van der Waals surface area (Å²) in [7, 11) is 7.15. The number of hydrogen-bond acceptors (Lipinski definition) is 15. The van der Waals surface area contributed by atoms with Gasteiger partial charge in [-0.2, -0.15) is 0 Å². The highest BCUT2D eigenvalue weighted by Crippen LogP contribution is 2.43. The van der Waals surface area contributed by atoms with Crippen LogP contribution in [0.15, 0.2) is 0 Å². The van der Waals surface area contributed by atoms with Crippen molar-refractivity contribution >= 4 is 5.97 Å². The maximum absolute atomic E-state index is 14.4. The molecule has 0 aliphatic carbocycles. The van der Waals surface area contributed by atoms with Crippen molar-refractivity contribution in [2.24, 2.45) is 17.8 Å². The van der Waals surface area contributed by atoms with E-state index in [-0.39, 0.29) is 49.9 Å². The lowest BCUT2D eigenvalue weighted by molar-refractivity contribution is -0.336. The SMILES string of the molecule is CC[C@H]1OC(=O)[C@H](C)[C@@H](O[C@H]2C[C@@](C)(OC)[C@](O)(CNC(C)C)[C@H](C)O2)[C@H](C)[C@@H](O[C@@H]2O[C@H](C)C[C@H](N(C)C)[C@H]2O)[C@](C)(O)C[C@@H](C)CN(C)[C@H](C)[C@@H](O)[C@]1(C)O. The zero-order valence-electron chi connectivity index (χ0n) is 37.9. The molecule has 3 heterocycles. The number of methoxy groups -OCH3 is 1. The summed E-state index contributed by atoms with van der Waals surface area (Å²) < 4.78 is 38.4. The van der Waals surface area contributed by atoms with Crippen LogP contribution in [-0.2, 0) is 33.2 Å². The predicted octanol–water partition coefficient (Wildman–Crippen LogP) is 2.27. The van der Waals surface area contributed by atoms with E-state index in [1.165, 1.54) is 14.0 Å². The van der Waals surface area contributed by atoms with Crippen molar-refractivity contribution < 1.29 is 58.7 Å². The second-order valence-corrected chi connectivity index (χ2v) is 19.0. The van der Waals surface area contributed by atoms with E-state index in [0.717, 1.165) is 0 Å². The first-order valence-corrected chi connectivity index (χ1v) is 21.2. The number of nitrogens with one attached hydrogen (secondary N) is 1. The quantitative estimate of drug-likeness (QED) is 0.176. The highest BCUT2D eigenvalue weighted by molar-refractivity contribution is 5.73. The molecule has 3 saturated heterocycles. The van der Waals surface area contributed by atoms with Gasteiger partial charge in [-0.3, -0.25) is 4.79 Å². The van der Waals surface area contributed by atoms with Crippen molar-refractivity contribution in [3.63, 3.8) is 0 Å². The van der Waals surface area contributed by atoms with Gasteiger partial charge in [-0.25, -0.2) is 0 Å². The van der Waals surface area contributed by atoms with E-state index >= 15 is 0 Å². The standard InChI is InChI=1S/C42H81N3O12/c1-17-31-41(12,50)35(47)28(8)45(15)21-24(4)19-39(10,49)36(57-38-33(46)30(44(13)14)18-25(5)53-38)26(6)34(27(7)37(48)55-31)56-32-20-40(11,52-16)42(51,29(9)54-32)22-43-23(2)3/h23-36,38,43,46-47,49-51H,17-22H2,1-16H3/t24-,25-,26+,27-,28-,29+,30+,31-,32+,33-,34+,35-,36-,38+,39-,40-,41-,42+/m1/s1. The van der Waals surface area contributed by atoms with E-state index in [9.17, 15) is 30.3 Å². The van der Waals surface area contributed by atoms with Gasteiger partial charge in [-0.1, -0.05) is 34.6 Å². The van der Waals surface area contributed by atoms with Gasteiger partial charge in [-0.05, 0) is 94.8 Å². The number of hydrogen-bond donors (Lipinski definition) is 6. The Labute approximate surface area is 343 Å². The average Bonchev–Trinajstić information content (AvgIpc) is 3.11. The maximum atomic E-state index is 14.4. The van der Waals surface area contributed by atoms with Crippen LogP contribution in [0.3, 0.4) is 0 Å². The number of likely N-dealkylation sites (N-methyl/N-ethyl adjacent to an activating group) is 2. The van der Waals surface area contributed by atoms with Gasteiger partial charge in [0.05, 0.1) is 35.9 Å². The molecule has 57 heavy (non-hydrogen) atoms. The molecule has 3 aliphatic heterocycles. The van der Waals surface area contributed by atoms with E-state index in [4.69, 9.17) is 28.4 Å². The number of cyclic esters (lactones) is 1. The van der Waals surface area contributed by atoms with Crippen LogP contribution in [0.25, 0.3) is 0 Å². The summed E-state index contributed by atoms with van der Waals surface area (Å²) >= 11 is 0. The normalized spacial score (nSPS) is 47.7. The number of aliphatic hydroxyl groups is 5. The van der Waals surface area contributed by atoms with E-state index in [2.05, 4.69) is 5.32 Å². The van der Waals surface area contributed by atoms with Crippen molar-refractivity contribution in [3.8, 4) is 0 Å². The average molecular weight is 820 g/mol. The molecule has 0 aromatic rings. The second kappa shape index (κ2) is 19.8. The summed E-state index contributed by atoms with van der Waals surface area (Å²) in [5.74, 6) is -2.66. The summed E-state index contributed by atoms with van der Waals surface area (Å²) in [5, 5.41) is 63.0. The van der Waals surface area contributed by atoms with Gasteiger partial charge < -0.3 is 69.1 Å². The Bertz CT molecular complexity index is 1270. The van der Waals surface area contributed by atoms with Crippen molar-refractivity contribution in [3.05, 3.63) is 0 Å². The number of carbonyl (C=O) groups is 1. The number of esters is 1. The van der Waals surface area contributed by atoms with Crippen molar-refractivity contribution in [1.82, 2.24) is 15.1 Å². The molecule has 0 unspecified atom stereocenters. The molecule has 0 radical (unpaired) electrons. The highest BCUT2D eigenvalue weighted by atomic mass is 16.7. The number of nitrogens with zero attached hydrogens (tertiary/aromatic N) is 2. The number of carbonyl (C=O) groups excluding carboxylic acids is 1. The highest BCUT2D eigenvalue weighted by Gasteiger charge is 2.58. The largest absolute Gasteiger partial charge is 0.459 e. The third kappa shape index (κ3) is 11.3. The Morgan fingerprint density at radius 1 is 0.982 bits per heavy atom. The second-order valence-electron chi connectivity index (χ2n) is 19.0. The van der Waals surface area contributed by atoms with E-state index in [0.29, 0.717) is 13.0 Å². The lowest BCUT2D eigenvalue weighted by Crippen LogP contribution is -2.70. The minimum Gasteiger partial charge on any atom is -0.459 e. The fourth-order valence-corrected chi connectivity index (χ4v) is 9.49. The van der Waals surface area contributed by atoms with Crippen LogP contribution in [0.2, 0.25) is 0 Å². The zero-order valence-corrected chi connectivity index (χ0v) is 37.9. The molecule has 18 atom stereocenters. The maximum Gasteiger partial charge on any atom is 0.311 e. The van der Waals surface area contributed by atoms with Gasteiger partial charge in [0.15, 0.2) is 12.6 Å². The first-order chi connectivity index (χ1) is 26.2. The van der Waals surface area contributed by atoms with Crippen LogP contribution in [-0.4, -0.2) is 178 Å². The zero-order chi connectivity index (χ0) is 43.6. The van der Waals surface area contributed by atoms with Crippen LogP contribution in [0.4, 0.5) is 0 Å². The minimum absolute atomic E-state index is 0.0866. The predicted molar refractivity (Wildman–Crippen MR) is 216 cm³/mol. The van der Waals surface area contributed by atoms with E-state index < -0.39 is 95.5 Å². The molecule has 15 heteroatoms. The Morgan fingerprint density at radius 3 is 2.14 bits per heavy atom. The summed E-state index contributed by atoms with van der Waals surface area (Å²) in [6.07, 6.45) is -7.60. The Balaban J connectivity index is 2.19. The molecular formula is C42H81N3O12. The molecule has 0 spiro atoms. The van der Waals surface area contributed by atoms with Gasteiger partial charge in [0, 0.05) is 50.7 Å². The van der Waals surface area contributed by atoms with Crippen molar-refractivity contribution in [1.29, 1.82) is 0 Å². The molecule has 3 fully saturated rings. The number of ether oxygens (including phenoxy) is 6. The fourth-order valence-electron chi connectivity index (χ4n) is 9.49. The third-order valence-corrected chi connectivity index (χ3v) is 13.5. The van der Waals surface area contributed by atoms with Gasteiger partial charge in [-0.15, -0.1) is 0 Å². The van der Waals surface area contributed by atoms with Crippen LogP contribution >= 0.6 is 0 Å². The molecule has 15 nitrogen and oxygen atoms in total. The number of rotatable bonds is 10. The summed E-state index contributed by atoms with van der Waals surface area (Å²) in [6.45, 7) is 22.3. The van der Waals surface area contributed by atoms with Crippen LogP contribution in [0.1, 0.15) is 109 Å². The molecule has 0 bridgehead atoms. The molecule has 3 aliphatic rings. The molecule has 0 saturated carbocycles. The summed E-state index contributed by atoms with van der Waals surface area (Å²) in [6, 6.07) is -0.741. The summed E-state index contributed by atoms with van der Waals surface area (Å²) in [5.41, 5.74) is -5.99. The molecule has 336 valence electrons. The van der Waals surface area contributed by atoms with E-state index in [1.54, 1.807) is 41.5 Å². The van der Waals surface area contributed by atoms with Crippen LogP contribution in [0.5, 0.6) is 0 Å². The van der Waals surface area contributed by atoms with Gasteiger partial charge in [0.1, 0.15) is 35.1 Å². The lowest BCUT2D eigenvalue weighted by Gasteiger charge is -2.54. The summed E-state index contributed by atoms with van der Waals surface area (Å²) in [4.78, 5) is 18.2. The van der Waals surface area contributed by atoms with Gasteiger partial charge >= 0.3 is 5.97 Å². The van der Waals surface area contributed by atoms with Crippen molar-refractivity contribution in [2.45, 2.75) is 205 Å². The van der Waals surface area contributed by atoms with Crippen LogP contribution < -0.4 is 5.32 Å². The van der Waals surface area contributed by atoms with Crippen molar-refractivity contribution in [2.75, 3.05) is 41.3 Å². The Hall–Kier alpha value is -1.05. The van der Waals surface area contributed by atoms with E-state index in [1.807, 2.05) is 65.6 Å². The molecule has 0 aromatic heterocycles. The van der Waals surface area contributed by atoms with Gasteiger partial charge in [0.2, 0.25) is 0 Å². The number of aliphatic hydroxyl groups excluding tert-OH is 2. The molecule has 0 aromatic carbocycles. The molecular weight excluding hydrogens is 738 g/mol. The third-order valence-electron chi connectivity index (χ3n) is 13.5. The Kier molecular flexibility index (Phi) is 17.4. The first kappa shape index (κ1) is 50.3. The topological polar surface area (TPSA) is 192 Å². The molecule has 0 amide bonds. The van der Waals surface area contributed by atoms with Crippen LogP contribution in [0, 0.1) is 17.8 Å². The molecule has 6 N–H and O–H groups in total. The fraction of sp³-hybridized carbons (Fsp3) is 0.976. The lowest BCUT2D eigenvalue weighted by atomic mass is 9.75. The first-order valence-electron chi connectivity index (χ1n) is 21.2.